The van der Waals surface area contributed by atoms with Crippen LogP contribution in [0.15, 0.2) is 18.2 Å². The van der Waals surface area contributed by atoms with E-state index < -0.39 is 0 Å². The van der Waals surface area contributed by atoms with Crippen LogP contribution < -0.4 is 0 Å². The van der Waals surface area contributed by atoms with Gasteiger partial charge in [0.1, 0.15) is 0 Å². The second-order valence-corrected chi connectivity index (χ2v) is 6.16. The summed E-state index contributed by atoms with van der Waals surface area (Å²) in [7, 11) is 2.20. The van der Waals surface area contributed by atoms with E-state index in [0.29, 0.717) is 6.04 Å². The van der Waals surface area contributed by atoms with Gasteiger partial charge in [0.05, 0.1) is 11.0 Å². The van der Waals surface area contributed by atoms with Gasteiger partial charge in [0, 0.05) is 17.6 Å². The predicted molar refractivity (Wildman–Crippen MR) is 82.4 cm³/mol. The molecule has 1 atom stereocenters. The molecule has 1 fully saturated rings. The fourth-order valence-corrected chi connectivity index (χ4v) is 3.34. The van der Waals surface area contributed by atoms with Crippen LogP contribution in [0.1, 0.15) is 19.3 Å². The highest BCUT2D eigenvalue weighted by atomic mass is 35.5. The summed E-state index contributed by atoms with van der Waals surface area (Å²) >= 11 is 11.5. The molecule has 3 rings (SSSR count). The van der Waals surface area contributed by atoms with Gasteiger partial charge >= 0.3 is 0 Å². The third-order valence-corrected chi connectivity index (χ3v) is 4.61. The van der Waals surface area contributed by atoms with E-state index >= 15 is 0 Å². The molecule has 1 unspecified atom stereocenters. The number of hydrogen-bond donors (Lipinski definition) is 1. The van der Waals surface area contributed by atoms with Crippen LogP contribution >= 0.6 is 23.8 Å². The SMILES string of the molecule is CN1CCCCC1Cn1c(=S)[nH]c2ccc(Cl)cc21. The molecule has 1 N–H and O–H groups in total. The number of nitrogens with one attached hydrogen (secondary N) is 1. The second kappa shape index (κ2) is 5.27. The van der Waals surface area contributed by atoms with Crippen molar-refractivity contribution in [3.63, 3.8) is 0 Å². The number of benzene rings is 1. The molecule has 1 saturated heterocycles. The first-order valence-corrected chi connectivity index (χ1v) is 7.52. The summed E-state index contributed by atoms with van der Waals surface area (Å²) in [4.78, 5) is 5.70. The average Bonchev–Trinajstić information content (AvgIpc) is 2.69. The van der Waals surface area contributed by atoms with Gasteiger partial charge in [-0.1, -0.05) is 18.0 Å². The van der Waals surface area contributed by atoms with Crippen molar-refractivity contribution in [2.45, 2.75) is 31.8 Å². The minimum atomic E-state index is 0.568. The van der Waals surface area contributed by atoms with E-state index in [2.05, 4.69) is 21.5 Å². The summed E-state index contributed by atoms with van der Waals surface area (Å²) < 4.78 is 2.97. The molecule has 2 aromatic rings. The van der Waals surface area contributed by atoms with Crippen LogP contribution in [0.2, 0.25) is 5.02 Å². The zero-order valence-corrected chi connectivity index (χ0v) is 12.6. The Balaban J connectivity index is 1.97. The maximum Gasteiger partial charge on any atom is 0.178 e. The summed E-state index contributed by atoms with van der Waals surface area (Å²) in [6, 6.07) is 6.45. The Kier molecular flexibility index (Phi) is 3.65. The Morgan fingerprint density at radius 2 is 2.26 bits per heavy atom. The third-order valence-electron chi connectivity index (χ3n) is 4.05. The molecule has 1 aliphatic rings. The Hall–Kier alpha value is -0.840. The van der Waals surface area contributed by atoms with Crippen molar-refractivity contribution in [2.75, 3.05) is 13.6 Å². The molecular formula is C14H18ClN3S. The van der Waals surface area contributed by atoms with Gasteiger partial charge in [0.15, 0.2) is 4.77 Å². The van der Waals surface area contributed by atoms with Crippen LogP contribution in [-0.4, -0.2) is 34.1 Å². The van der Waals surface area contributed by atoms with Crippen molar-refractivity contribution in [3.8, 4) is 0 Å². The monoisotopic (exact) mass is 295 g/mol. The van der Waals surface area contributed by atoms with Gasteiger partial charge in [-0.25, -0.2) is 0 Å². The first-order valence-electron chi connectivity index (χ1n) is 6.73. The number of aromatic nitrogens is 2. The van der Waals surface area contributed by atoms with Crippen LogP contribution in [0.3, 0.4) is 0 Å². The van der Waals surface area contributed by atoms with Crippen LogP contribution in [0, 0.1) is 4.77 Å². The highest BCUT2D eigenvalue weighted by Crippen LogP contribution is 2.22. The van der Waals surface area contributed by atoms with E-state index in [-0.39, 0.29) is 0 Å². The van der Waals surface area contributed by atoms with Crippen molar-refractivity contribution in [2.24, 2.45) is 0 Å². The van der Waals surface area contributed by atoms with Gasteiger partial charge in [-0.05, 0) is 56.9 Å². The zero-order chi connectivity index (χ0) is 13.4. The van der Waals surface area contributed by atoms with Gasteiger partial charge in [-0.15, -0.1) is 0 Å². The first kappa shape index (κ1) is 13.2. The molecule has 1 aromatic heterocycles. The number of nitrogens with zero attached hydrogens (tertiary/aromatic N) is 2. The zero-order valence-electron chi connectivity index (χ0n) is 11.0. The Morgan fingerprint density at radius 1 is 1.42 bits per heavy atom. The van der Waals surface area contributed by atoms with Crippen LogP contribution in [-0.2, 0) is 6.54 Å². The Bertz CT molecular complexity index is 646. The first-order chi connectivity index (χ1) is 9.15. The molecule has 19 heavy (non-hydrogen) atoms. The number of likely N-dealkylation sites (tertiary alicyclic amines) is 1. The second-order valence-electron chi connectivity index (χ2n) is 5.33. The predicted octanol–water partition coefficient (Wildman–Crippen LogP) is 3.84. The van der Waals surface area contributed by atoms with E-state index in [4.69, 9.17) is 23.8 Å². The number of halogens is 1. The van der Waals surface area contributed by atoms with Gasteiger partial charge in [0.2, 0.25) is 0 Å². The maximum atomic E-state index is 6.10. The summed E-state index contributed by atoms with van der Waals surface area (Å²) in [5.74, 6) is 0. The van der Waals surface area contributed by atoms with Gasteiger partial charge in [-0.2, -0.15) is 0 Å². The quantitative estimate of drug-likeness (QED) is 0.851. The fourth-order valence-electron chi connectivity index (χ4n) is 2.89. The molecule has 1 aliphatic heterocycles. The molecule has 1 aromatic carbocycles. The van der Waals surface area contributed by atoms with E-state index in [1.807, 2.05) is 18.2 Å². The van der Waals surface area contributed by atoms with Crippen molar-refractivity contribution in [1.82, 2.24) is 14.5 Å². The molecule has 102 valence electrons. The van der Waals surface area contributed by atoms with E-state index in [9.17, 15) is 0 Å². The van der Waals surface area contributed by atoms with Crippen molar-refractivity contribution >= 4 is 34.9 Å². The van der Waals surface area contributed by atoms with Crippen LogP contribution in [0.25, 0.3) is 11.0 Å². The molecule has 0 spiro atoms. The molecule has 5 heteroatoms. The third kappa shape index (κ3) is 2.57. The summed E-state index contributed by atoms with van der Waals surface area (Å²) in [5.41, 5.74) is 2.17. The lowest BCUT2D eigenvalue weighted by molar-refractivity contribution is 0.168. The number of piperidine rings is 1. The number of fused-ring (bicyclic) bond motifs is 1. The smallest absolute Gasteiger partial charge is 0.178 e. The summed E-state index contributed by atoms with van der Waals surface area (Å²) in [6.07, 6.45) is 3.86. The largest absolute Gasteiger partial charge is 0.331 e. The minimum absolute atomic E-state index is 0.568. The summed E-state index contributed by atoms with van der Waals surface area (Å²) in [5, 5.41) is 0.757. The Labute approximate surface area is 123 Å². The average molecular weight is 296 g/mol. The van der Waals surface area contributed by atoms with Gasteiger partial charge < -0.3 is 14.5 Å². The lowest BCUT2D eigenvalue weighted by Gasteiger charge is -2.32. The molecule has 0 radical (unpaired) electrons. The topological polar surface area (TPSA) is 24.0 Å². The number of hydrogen-bond acceptors (Lipinski definition) is 2. The van der Waals surface area contributed by atoms with Crippen molar-refractivity contribution in [1.29, 1.82) is 0 Å². The molecular weight excluding hydrogens is 278 g/mol. The number of H-pyrrole nitrogens is 1. The molecule has 0 amide bonds. The van der Waals surface area contributed by atoms with Crippen LogP contribution in [0.5, 0.6) is 0 Å². The number of aromatic amines is 1. The van der Waals surface area contributed by atoms with Gasteiger partial charge in [0.25, 0.3) is 0 Å². The molecule has 2 heterocycles. The molecule has 0 bridgehead atoms. The van der Waals surface area contributed by atoms with Crippen molar-refractivity contribution in [3.05, 3.63) is 28.0 Å². The van der Waals surface area contributed by atoms with E-state index in [1.54, 1.807) is 0 Å². The normalized spacial score (nSPS) is 21.1. The molecule has 0 aliphatic carbocycles. The van der Waals surface area contributed by atoms with Crippen molar-refractivity contribution < 1.29 is 0 Å². The fraction of sp³-hybridized carbons (Fsp3) is 0.500. The van der Waals surface area contributed by atoms with E-state index in [0.717, 1.165) is 27.4 Å². The number of rotatable bonds is 2. The highest BCUT2D eigenvalue weighted by Gasteiger charge is 2.20. The standard InChI is InChI=1S/C14H18ClN3S/c1-17-7-3-2-4-11(17)9-18-13-8-10(15)5-6-12(13)16-14(18)19/h5-6,8,11H,2-4,7,9H2,1H3,(H,16,19). The van der Waals surface area contributed by atoms with Crippen LogP contribution in [0.4, 0.5) is 0 Å². The lowest BCUT2D eigenvalue weighted by atomic mass is 10.0. The Morgan fingerprint density at radius 3 is 3.05 bits per heavy atom. The van der Waals surface area contributed by atoms with Gasteiger partial charge in [-0.3, -0.25) is 0 Å². The maximum absolute atomic E-state index is 6.10. The highest BCUT2D eigenvalue weighted by molar-refractivity contribution is 7.71. The van der Waals surface area contributed by atoms with E-state index in [1.165, 1.54) is 25.8 Å². The molecule has 3 nitrogen and oxygen atoms in total. The number of imidazole rings is 1. The summed E-state index contributed by atoms with van der Waals surface area (Å²) in [6.45, 7) is 2.12. The lowest BCUT2D eigenvalue weighted by Crippen LogP contribution is -2.39. The number of likely N-dealkylation sites (N-methyl/N-ethyl adjacent to an activating group) is 1. The minimum Gasteiger partial charge on any atom is -0.331 e. The molecule has 0 saturated carbocycles.